The van der Waals surface area contributed by atoms with Crippen molar-refractivity contribution < 1.29 is 37.1 Å². The molecule has 7 nitrogen and oxygen atoms in total. The Kier molecular flexibility index (Phi) is 14.1. The molecule has 0 aromatic heterocycles. The van der Waals surface area contributed by atoms with Crippen LogP contribution in [0.5, 0.6) is 0 Å². The smallest absolute Gasteiger partial charge is 0.388 e. The quantitative estimate of drug-likeness (QED) is 0.773. The van der Waals surface area contributed by atoms with Gasteiger partial charge < -0.3 is 14.9 Å². The van der Waals surface area contributed by atoms with E-state index in [1.54, 1.807) is 31.3 Å². The third-order valence-corrected chi connectivity index (χ3v) is 3.32. The van der Waals surface area contributed by atoms with Gasteiger partial charge in [0.2, 0.25) is 5.91 Å². The number of piperidine rings is 1. The summed E-state index contributed by atoms with van der Waals surface area (Å²) in [7, 11) is 1.74. The summed E-state index contributed by atoms with van der Waals surface area (Å²) in [6.07, 6.45) is -6.97. The number of nitrogens with one attached hydrogen (secondary N) is 1. The third kappa shape index (κ3) is 9.26. The van der Waals surface area contributed by atoms with Gasteiger partial charge in [0, 0.05) is 19.2 Å². The molecule has 158 valence electrons. The van der Waals surface area contributed by atoms with E-state index in [1.807, 2.05) is 27.4 Å². The van der Waals surface area contributed by atoms with Gasteiger partial charge in [-0.05, 0) is 24.1 Å². The van der Waals surface area contributed by atoms with E-state index >= 15 is 0 Å². The first-order valence-corrected chi connectivity index (χ1v) is 8.23. The zero-order valence-electron chi connectivity index (χ0n) is 16.0. The van der Waals surface area contributed by atoms with Crippen molar-refractivity contribution in [3.8, 4) is 0 Å². The second-order valence-corrected chi connectivity index (χ2v) is 4.86. The summed E-state index contributed by atoms with van der Waals surface area (Å²) >= 11 is 0. The van der Waals surface area contributed by atoms with Gasteiger partial charge in [-0.1, -0.05) is 26.0 Å². The highest BCUT2D eigenvalue weighted by Gasteiger charge is 2.42. The molecule has 0 aliphatic carbocycles. The minimum absolute atomic E-state index is 0.0701. The average Bonchev–Trinajstić information content (AvgIpc) is 2.71. The SMILES string of the molecule is C=O.C=O.CC.CNc1ccc(CN2C(=O)CCC(OC(F)(F)F)C2=O)cc1. The average molecular weight is 406 g/mol. The molecule has 1 N–H and O–H groups in total. The van der Waals surface area contributed by atoms with Gasteiger partial charge in [-0.25, -0.2) is 0 Å². The fourth-order valence-corrected chi connectivity index (χ4v) is 2.21. The Labute approximate surface area is 161 Å². The Bertz CT molecular complexity index is 592. The molecular formula is C18H25F3N2O5. The molecule has 0 spiro atoms. The zero-order chi connectivity index (χ0) is 22.3. The van der Waals surface area contributed by atoms with Crippen LogP contribution in [0, 0.1) is 0 Å². The highest BCUT2D eigenvalue weighted by molar-refractivity contribution is 5.99. The summed E-state index contributed by atoms with van der Waals surface area (Å²) in [5, 5.41) is 2.92. The Balaban J connectivity index is 0. The number of carbonyl (C=O) groups excluding carboxylic acids is 4. The van der Waals surface area contributed by atoms with Crippen LogP contribution in [0.15, 0.2) is 24.3 Å². The van der Waals surface area contributed by atoms with Crippen molar-refractivity contribution in [3.63, 3.8) is 0 Å². The summed E-state index contributed by atoms with van der Waals surface area (Å²) in [5.41, 5.74) is 1.49. The summed E-state index contributed by atoms with van der Waals surface area (Å²) < 4.78 is 40.6. The summed E-state index contributed by atoms with van der Waals surface area (Å²) in [6, 6.07) is 6.89. The predicted octanol–water partition coefficient (Wildman–Crippen LogP) is 2.94. The van der Waals surface area contributed by atoms with Crippen molar-refractivity contribution in [1.29, 1.82) is 0 Å². The van der Waals surface area contributed by atoms with E-state index < -0.39 is 24.3 Å². The first-order chi connectivity index (χ1) is 13.3. The van der Waals surface area contributed by atoms with Gasteiger partial charge >= 0.3 is 6.36 Å². The van der Waals surface area contributed by atoms with Gasteiger partial charge in [-0.15, -0.1) is 13.2 Å². The molecule has 28 heavy (non-hydrogen) atoms. The molecule has 1 saturated heterocycles. The number of likely N-dealkylation sites (tertiary alicyclic amines) is 1. The molecule has 1 aliphatic rings. The number of halogens is 3. The maximum absolute atomic E-state index is 12.3. The number of amides is 2. The number of rotatable bonds is 4. The van der Waals surface area contributed by atoms with Crippen LogP contribution < -0.4 is 5.32 Å². The summed E-state index contributed by atoms with van der Waals surface area (Å²) in [4.78, 5) is 40.6. The number of hydrogen-bond acceptors (Lipinski definition) is 6. The van der Waals surface area contributed by atoms with Crippen LogP contribution in [0.2, 0.25) is 0 Å². The monoisotopic (exact) mass is 406 g/mol. The highest BCUT2D eigenvalue weighted by atomic mass is 19.4. The van der Waals surface area contributed by atoms with E-state index in [1.165, 1.54) is 0 Å². The maximum atomic E-state index is 12.3. The first-order valence-electron chi connectivity index (χ1n) is 8.23. The topological polar surface area (TPSA) is 92.8 Å². The molecule has 0 saturated carbocycles. The van der Waals surface area contributed by atoms with Crippen LogP contribution in [-0.4, -0.2) is 49.8 Å². The lowest BCUT2D eigenvalue weighted by atomic mass is 10.1. The Morgan fingerprint density at radius 1 is 1.11 bits per heavy atom. The van der Waals surface area contributed by atoms with Crippen molar-refractivity contribution in [2.45, 2.75) is 45.7 Å². The van der Waals surface area contributed by atoms with Gasteiger partial charge in [-0.3, -0.25) is 19.2 Å². The minimum Gasteiger partial charge on any atom is -0.388 e. The molecule has 2 rings (SSSR count). The largest absolute Gasteiger partial charge is 0.523 e. The molecule has 1 aromatic carbocycles. The number of anilines is 1. The maximum Gasteiger partial charge on any atom is 0.523 e. The number of alkyl halides is 3. The van der Waals surface area contributed by atoms with Crippen molar-refractivity contribution in [2.24, 2.45) is 0 Å². The van der Waals surface area contributed by atoms with Crippen LogP contribution >= 0.6 is 0 Å². The molecular weight excluding hydrogens is 381 g/mol. The number of ether oxygens (including phenoxy) is 1. The minimum atomic E-state index is -4.90. The summed E-state index contributed by atoms with van der Waals surface area (Å²) in [6.45, 7) is 7.93. The van der Waals surface area contributed by atoms with Gasteiger partial charge in [0.1, 0.15) is 19.7 Å². The zero-order valence-corrected chi connectivity index (χ0v) is 16.0. The van der Waals surface area contributed by atoms with Gasteiger partial charge in [-0.2, -0.15) is 0 Å². The van der Waals surface area contributed by atoms with Gasteiger partial charge in [0.05, 0.1) is 6.54 Å². The van der Waals surface area contributed by atoms with Gasteiger partial charge in [0.15, 0.2) is 0 Å². The van der Waals surface area contributed by atoms with Crippen LogP contribution in [0.4, 0.5) is 18.9 Å². The fourth-order valence-electron chi connectivity index (χ4n) is 2.21. The fraction of sp³-hybridized carbons (Fsp3) is 0.444. The standard InChI is InChI=1S/C14H15F3N2O3.C2H6.2CH2O/c1-18-10-4-2-9(3-5-10)8-19-12(20)7-6-11(13(19)21)22-14(15,16)17;3*1-2/h2-5,11,18H,6-8H2,1H3;1-2H3;2*1H2. The van der Waals surface area contributed by atoms with E-state index in [0.717, 1.165) is 10.6 Å². The number of hydrogen-bond donors (Lipinski definition) is 1. The number of benzene rings is 1. The number of nitrogens with zero attached hydrogens (tertiary/aromatic N) is 1. The highest BCUT2D eigenvalue weighted by Crippen LogP contribution is 2.26. The van der Waals surface area contributed by atoms with Crippen LogP contribution in [0.3, 0.4) is 0 Å². The lowest BCUT2D eigenvalue weighted by Gasteiger charge is -2.30. The Morgan fingerprint density at radius 2 is 1.61 bits per heavy atom. The first kappa shape index (κ1) is 27.5. The third-order valence-electron chi connectivity index (χ3n) is 3.32. The normalized spacial score (nSPS) is 15.8. The van der Waals surface area contributed by atoms with E-state index in [4.69, 9.17) is 9.59 Å². The Morgan fingerprint density at radius 3 is 2.04 bits per heavy atom. The van der Waals surface area contributed by atoms with E-state index in [2.05, 4.69) is 10.1 Å². The van der Waals surface area contributed by atoms with E-state index in [-0.39, 0.29) is 19.4 Å². The molecule has 0 radical (unpaired) electrons. The molecule has 1 aromatic rings. The molecule has 1 fully saturated rings. The Hall–Kier alpha value is -2.75. The molecule has 2 amide bonds. The predicted molar refractivity (Wildman–Crippen MR) is 97.3 cm³/mol. The lowest BCUT2D eigenvalue weighted by Crippen LogP contribution is -2.49. The number of imide groups is 1. The second kappa shape index (κ2) is 14.3. The van der Waals surface area contributed by atoms with Crippen LogP contribution in [0.25, 0.3) is 0 Å². The lowest BCUT2D eigenvalue weighted by molar-refractivity contribution is -0.340. The van der Waals surface area contributed by atoms with Crippen LogP contribution in [-0.2, 0) is 30.5 Å². The van der Waals surface area contributed by atoms with Crippen molar-refractivity contribution >= 4 is 31.1 Å². The molecule has 1 aliphatic heterocycles. The van der Waals surface area contributed by atoms with Gasteiger partial charge in [0.25, 0.3) is 5.91 Å². The van der Waals surface area contributed by atoms with Crippen molar-refractivity contribution in [3.05, 3.63) is 29.8 Å². The van der Waals surface area contributed by atoms with E-state index in [0.29, 0.717) is 5.56 Å². The second-order valence-electron chi connectivity index (χ2n) is 4.86. The van der Waals surface area contributed by atoms with Crippen molar-refractivity contribution in [2.75, 3.05) is 12.4 Å². The molecule has 1 atom stereocenters. The number of carbonyl (C=O) groups is 4. The molecule has 1 heterocycles. The molecule has 0 bridgehead atoms. The summed E-state index contributed by atoms with van der Waals surface area (Å²) in [5.74, 6) is -1.45. The van der Waals surface area contributed by atoms with Crippen molar-refractivity contribution in [1.82, 2.24) is 4.90 Å². The van der Waals surface area contributed by atoms with Crippen LogP contribution in [0.1, 0.15) is 32.3 Å². The van der Waals surface area contributed by atoms with E-state index in [9.17, 15) is 22.8 Å². The molecule has 10 heteroatoms. The molecule has 1 unspecified atom stereocenters.